The van der Waals surface area contributed by atoms with Crippen molar-refractivity contribution in [1.29, 1.82) is 0 Å². The summed E-state index contributed by atoms with van der Waals surface area (Å²) in [4.78, 5) is 4.63. The molecule has 2 unspecified atom stereocenters. The average molecular weight is 209 g/mol. The predicted octanol–water partition coefficient (Wildman–Crippen LogP) is -0.537. The maximum absolute atomic E-state index is 8.44. The number of hydrogen-bond donors (Lipinski definition) is 3. The third kappa shape index (κ3) is 1.82. The van der Waals surface area contributed by atoms with Gasteiger partial charge >= 0.3 is 0 Å². The van der Waals surface area contributed by atoms with Crippen LogP contribution in [-0.2, 0) is 14.3 Å². The van der Waals surface area contributed by atoms with Crippen molar-refractivity contribution in [3.63, 3.8) is 0 Å². The zero-order valence-electron chi connectivity index (χ0n) is 6.74. The van der Waals surface area contributed by atoms with Gasteiger partial charge in [-0.25, -0.2) is 4.84 Å². The van der Waals surface area contributed by atoms with Gasteiger partial charge in [0, 0.05) is 0 Å². The van der Waals surface area contributed by atoms with Crippen molar-refractivity contribution < 1.29 is 24.7 Å². The van der Waals surface area contributed by atoms with E-state index in [-0.39, 0.29) is 29.5 Å². The molecule has 0 amide bonds. The Morgan fingerprint density at radius 2 is 1.92 bits per heavy atom. The Bertz CT molecular complexity index is 192. The molecule has 2 aliphatic rings. The first-order chi connectivity index (χ1) is 6.18. The first-order valence-electron chi connectivity index (χ1n) is 3.94. The van der Waals surface area contributed by atoms with E-state index in [2.05, 4.69) is 17.5 Å². The smallest absolute Gasteiger partial charge is 0.136 e. The first kappa shape index (κ1) is 9.66. The molecule has 0 aromatic rings. The van der Waals surface area contributed by atoms with E-state index in [1.54, 1.807) is 0 Å². The molecule has 0 aromatic carbocycles. The molecule has 4 atom stereocenters. The number of nitrogens with zero attached hydrogens (tertiary/aromatic N) is 1. The molecule has 13 heavy (non-hydrogen) atoms. The van der Waals surface area contributed by atoms with E-state index in [0.717, 1.165) is 0 Å². The van der Waals surface area contributed by atoms with Gasteiger partial charge in [0.2, 0.25) is 0 Å². The third-order valence-corrected chi connectivity index (χ3v) is 2.65. The molecular formula is C6H11NO5S. The molecule has 7 heteroatoms. The van der Waals surface area contributed by atoms with Crippen LogP contribution in [0.3, 0.4) is 0 Å². The van der Waals surface area contributed by atoms with Crippen LogP contribution in [-0.4, -0.2) is 52.6 Å². The van der Waals surface area contributed by atoms with E-state index in [4.69, 9.17) is 19.9 Å². The van der Waals surface area contributed by atoms with Gasteiger partial charge in [-0.05, 0) is 0 Å². The zero-order chi connectivity index (χ0) is 9.42. The van der Waals surface area contributed by atoms with Crippen molar-refractivity contribution in [2.45, 2.75) is 23.6 Å². The molecule has 76 valence electrons. The lowest BCUT2D eigenvalue weighted by Gasteiger charge is -2.16. The molecule has 2 rings (SSSR count). The van der Waals surface area contributed by atoms with Crippen molar-refractivity contribution in [1.82, 2.24) is 5.39 Å². The van der Waals surface area contributed by atoms with Crippen molar-refractivity contribution in [3.05, 3.63) is 0 Å². The summed E-state index contributed by atoms with van der Waals surface area (Å²) in [6, 6.07) is 0. The van der Waals surface area contributed by atoms with E-state index in [0.29, 0.717) is 6.61 Å². The summed E-state index contributed by atoms with van der Waals surface area (Å²) in [5, 5.41) is 16.6. The van der Waals surface area contributed by atoms with Crippen molar-refractivity contribution in [2.75, 3.05) is 13.2 Å². The van der Waals surface area contributed by atoms with Gasteiger partial charge in [-0.2, -0.15) is 12.6 Å². The van der Waals surface area contributed by atoms with E-state index in [1.807, 2.05) is 0 Å². The Morgan fingerprint density at radius 3 is 2.62 bits per heavy atom. The van der Waals surface area contributed by atoms with Gasteiger partial charge in [0.1, 0.15) is 18.3 Å². The summed E-state index contributed by atoms with van der Waals surface area (Å²) < 4.78 is 10.7. The SMILES string of the molecule is ON(O)O[C@@H]1COC2C1OC[C@@H]2S. The lowest BCUT2D eigenvalue weighted by Crippen LogP contribution is -2.35. The highest BCUT2D eigenvalue weighted by molar-refractivity contribution is 7.81. The summed E-state index contributed by atoms with van der Waals surface area (Å²) in [7, 11) is 0. The quantitative estimate of drug-likeness (QED) is 0.419. The minimum Gasteiger partial charge on any atom is -0.371 e. The summed E-state index contributed by atoms with van der Waals surface area (Å²) >= 11 is 4.25. The Balaban J connectivity index is 1.94. The van der Waals surface area contributed by atoms with Gasteiger partial charge in [0.05, 0.1) is 23.9 Å². The minimum atomic E-state index is -0.475. The second-order valence-corrected chi connectivity index (χ2v) is 3.72. The Labute approximate surface area is 80.3 Å². The molecule has 0 aromatic heterocycles. The number of rotatable bonds is 2. The molecule has 2 aliphatic heterocycles. The van der Waals surface area contributed by atoms with E-state index >= 15 is 0 Å². The van der Waals surface area contributed by atoms with E-state index in [9.17, 15) is 0 Å². The number of thiol groups is 1. The molecule has 0 radical (unpaired) electrons. The zero-order valence-corrected chi connectivity index (χ0v) is 7.63. The van der Waals surface area contributed by atoms with Crippen LogP contribution in [0.1, 0.15) is 0 Å². The van der Waals surface area contributed by atoms with Crippen molar-refractivity contribution in [2.24, 2.45) is 0 Å². The van der Waals surface area contributed by atoms with Crippen molar-refractivity contribution in [3.8, 4) is 0 Å². The molecule has 0 bridgehead atoms. The van der Waals surface area contributed by atoms with Crippen molar-refractivity contribution >= 4 is 12.6 Å². The highest BCUT2D eigenvalue weighted by Crippen LogP contribution is 2.31. The number of hydrogen-bond acceptors (Lipinski definition) is 7. The second-order valence-electron chi connectivity index (χ2n) is 3.06. The fraction of sp³-hybridized carbons (Fsp3) is 1.00. The Morgan fingerprint density at radius 1 is 1.23 bits per heavy atom. The largest absolute Gasteiger partial charge is 0.371 e. The summed E-state index contributed by atoms with van der Waals surface area (Å²) in [5.74, 6) is 0. The van der Waals surface area contributed by atoms with E-state index < -0.39 is 6.10 Å². The Hall–Kier alpha value is 0.110. The molecular weight excluding hydrogens is 198 g/mol. The molecule has 2 heterocycles. The predicted molar refractivity (Wildman–Crippen MR) is 42.5 cm³/mol. The molecule has 0 saturated carbocycles. The molecule has 2 N–H and O–H groups in total. The fourth-order valence-electron chi connectivity index (χ4n) is 1.66. The van der Waals surface area contributed by atoms with Crippen LogP contribution in [0.25, 0.3) is 0 Å². The Kier molecular flexibility index (Phi) is 2.75. The van der Waals surface area contributed by atoms with Gasteiger partial charge in [0.15, 0.2) is 0 Å². The lowest BCUT2D eigenvalue weighted by atomic mass is 10.1. The van der Waals surface area contributed by atoms with Gasteiger partial charge in [0.25, 0.3) is 0 Å². The van der Waals surface area contributed by atoms with Crippen LogP contribution < -0.4 is 0 Å². The molecule has 2 saturated heterocycles. The van der Waals surface area contributed by atoms with Crippen LogP contribution in [0.15, 0.2) is 0 Å². The standard InChI is InChI=1S/C6H11NO5S/c8-7(9)12-3-1-10-6-4(13)2-11-5(3)6/h3-6,8-9,13H,1-2H2/t3-,4+,5?,6?/m1/s1. The molecule has 2 fully saturated rings. The van der Waals surface area contributed by atoms with Crippen LogP contribution in [0.4, 0.5) is 0 Å². The van der Waals surface area contributed by atoms with Gasteiger partial charge in [-0.3, -0.25) is 10.4 Å². The minimum absolute atomic E-state index is 0.0319. The topological polar surface area (TPSA) is 71.4 Å². The third-order valence-electron chi connectivity index (χ3n) is 2.21. The van der Waals surface area contributed by atoms with Gasteiger partial charge in [-0.15, -0.1) is 0 Å². The summed E-state index contributed by atoms with van der Waals surface area (Å²) in [6.07, 6.45) is -0.852. The normalized spacial score (nSPS) is 44.3. The fourth-order valence-corrected chi connectivity index (χ4v) is 2.00. The van der Waals surface area contributed by atoms with Gasteiger partial charge < -0.3 is 9.47 Å². The average Bonchev–Trinajstić information content (AvgIpc) is 2.56. The summed E-state index contributed by atoms with van der Waals surface area (Å²) in [6.45, 7) is 0.777. The monoisotopic (exact) mass is 209 g/mol. The van der Waals surface area contributed by atoms with Crippen LogP contribution in [0, 0.1) is 0 Å². The first-order valence-corrected chi connectivity index (χ1v) is 4.46. The maximum Gasteiger partial charge on any atom is 0.136 e. The van der Waals surface area contributed by atoms with Crippen LogP contribution in [0.2, 0.25) is 0 Å². The number of fused-ring (bicyclic) bond motifs is 1. The highest BCUT2D eigenvalue weighted by atomic mass is 32.1. The lowest BCUT2D eigenvalue weighted by molar-refractivity contribution is -0.507. The molecule has 0 spiro atoms. The summed E-state index contributed by atoms with van der Waals surface area (Å²) in [5.41, 5.74) is 0. The maximum atomic E-state index is 8.44. The van der Waals surface area contributed by atoms with Gasteiger partial charge in [-0.1, -0.05) is 0 Å². The van der Waals surface area contributed by atoms with Crippen LogP contribution >= 0.6 is 12.6 Å². The highest BCUT2D eigenvalue weighted by Gasteiger charge is 2.47. The molecule has 0 aliphatic carbocycles. The van der Waals surface area contributed by atoms with E-state index in [1.165, 1.54) is 0 Å². The molecule has 6 nitrogen and oxygen atoms in total. The second kappa shape index (κ2) is 3.70. The number of ether oxygens (including phenoxy) is 2. The van der Waals surface area contributed by atoms with Crippen LogP contribution in [0.5, 0.6) is 0 Å².